The molecule has 0 radical (unpaired) electrons. The number of hydrogen-bond donors (Lipinski definition) is 1. The lowest BCUT2D eigenvalue weighted by Crippen LogP contribution is -2.06. The van der Waals surface area contributed by atoms with Crippen LogP contribution in [-0.2, 0) is 0 Å². The average molecular weight is 395 g/mol. The summed E-state index contributed by atoms with van der Waals surface area (Å²) < 4.78 is 2.20. The van der Waals surface area contributed by atoms with Gasteiger partial charge in [-0.3, -0.25) is 0 Å². The predicted octanol–water partition coefficient (Wildman–Crippen LogP) is 4.67. The molecule has 0 spiro atoms. The number of halogens is 1. The third-order valence-corrected chi connectivity index (χ3v) is 5.24. The summed E-state index contributed by atoms with van der Waals surface area (Å²) in [6.07, 6.45) is 0. The second-order valence-electron chi connectivity index (χ2n) is 4.93. The first-order valence-corrected chi connectivity index (χ1v) is 8.33. The highest BCUT2D eigenvalue weighted by molar-refractivity contribution is 14.1. The van der Waals surface area contributed by atoms with Crippen molar-refractivity contribution in [1.29, 1.82) is 0 Å². The van der Waals surface area contributed by atoms with E-state index in [1.54, 1.807) is 11.3 Å². The number of rotatable bonds is 2. The van der Waals surface area contributed by atoms with Gasteiger partial charge in [0.25, 0.3) is 0 Å². The van der Waals surface area contributed by atoms with Crippen LogP contribution < -0.4 is 5.73 Å². The van der Waals surface area contributed by atoms with Gasteiger partial charge in [0.2, 0.25) is 0 Å². The Morgan fingerprint density at radius 1 is 1.20 bits per heavy atom. The first kappa shape index (κ1) is 13.8. The summed E-state index contributed by atoms with van der Waals surface area (Å²) in [4.78, 5) is 9.21. The third-order valence-electron chi connectivity index (χ3n) is 3.17. The van der Waals surface area contributed by atoms with E-state index in [4.69, 9.17) is 10.7 Å². The van der Waals surface area contributed by atoms with E-state index in [-0.39, 0.29) is 0 Å². The zero-order valence-electron chi connectivity index (χ0n) is 11.2. The van der Waals surface area contributed by atoms with Crippen LogP contribution in [0.1, 0.15) is 25.5 Å². The van der Waals surface area contributed by atoms with Crippen LogP contribution in [-0.4, -0.2) is 9.97 Å². The van der Waals surface area contributed by atoms with Crippen LogP contribution in [0.4, 0.5) is 5.82 Å². The molecule has 0 unspecified atom stereocenters. The van der Waals surface area contributed by atoms with Crippen molar-refractivity contribution in [1.82, 2.24) is 9.97 Å². The van der Waals surface area contributed by atoms with E-state index in [1.165, 1.54) is 10.1 Å². The number of fused-ring (bicyclic) bond motifs is 1. The number of thiophene rings is 1. The van der Waals surface area contributed by atoms with E-state index in [0.29, 0.717) is 11.7 Å². The summed E-state index contributed by atoms with van der Waals surface area (Å²) in [6, 6.07) is 8.31. The normalized spacial score (nSPS) is 11.4. The van der Waals surface area contributed by atoms with E-state index >= 15 is 0 Å². The fraction of sp³-hybridized carbons (Fsp3) is 0.200. The molecule has 0 saturated carbocycles. The standard InChI is InChI=1S/C15H14IN3S/c1-8(2)13-12(16)14(17)19-15(18-13)10-7-20-11-6-4-3-5-9(10)11/h3-8H,1-2H3,(H2,17,18,19). The predicted molar refractivity (Wildman–Crippen MR) is 94.1 cm³/mol. The minimum Gasteiger partial charge on any atom is -0.383 e. The van der Waals surface area contributed by atoms with Gasteiger partial charge in [0.15, 0.2) is 5.82 Å². The van der Waals surface area contributed by atoms with Crippen molar-refractivity contribution in [3.05, 3.63) is 38.9 Å². The van der Waals surface area contributed by atoms with E-state index in [1.807, 2.05) is 12.1 Å². The largest absolute Gasteiger partial charge is 0.383 e. The molecule has 20 heavy (non-hydrogen) atoms. The van der Waals surface area contributed by atoms with Crippen LogP contribution >= 0.6 is 33.9 Å². The van der Waals surface area contributed by atoms with Gasteiger partial charge in [-0.1, -0.05) is 32.0 Å². The molecule has 2 N–H and O–H groups in total. The number of anilines is 1. The van der Waals surface area contributed by atoms with Gasteiger partial charge in [-0.15, -0.1) is 11.3 Å². The van der Waals surface area contributed by atoms with Crippen molar-refractivity contribution in [3.8, 4) is 11.4 Å². The van der Waals surface area contributed by atoms with Gasteiger partial charge in [0, 0.05) is 21.0 Å². The minimum absolute atomic E-state index is 0.329. The van der Waals surface area contributed by atoms with Crippen LogP contribution in [0.5, 0.6) is 0 Å². The molecule has 1 aromatic carbocycles. The molecular weight excluding hydrogens is 381 g/mol. The Balaban J connectivity index is 2.24. The van der Waals surface area contributed by atoms with Crippen LogP contribution in [0.2, 0.25) is 0 Å². The molecule has 2 heterocycles. The Labute approximate surface area is 135 Å². The molecule has 0 aliphatic heterocycles. The maximum atomic E-state index is 6.05. The average Bonchev–Trinajstić information content (AvgIpc) is 2.85. The first-order valence-electron chi connectivity index (χ1n) is 6.37. The van der Waals surface area contributed by atoms with Crippen LogP contribution in [0.3, 0.4) is 0 Å². The van der Waals surface area contributed by atoms with Crippen LogP contribution in [0, 0.1) is 3.57 Å². The zero-order chi connectivity index (χ0) is 14.3. The van der Waals surface area contributed by atoms with Crippen molar-refractivity contribution in [3.63, 3.8) is 0 Å². The van der Waals surface area contributed by atoms with Gasteiger partial charge in [-0.25, -0.2) is 9.97 Å². The molecule has 0 aliphatic carbocycles. The SMILES string of the molecule is CC(C)c1nc(-c2csc3ccccc23)nc(N)c1I. The monoisotopic (exact) mass is 395 g/mol. The second kappa shape index (κ2) is 5.29. The molecule has 0 saturated heterocycles. The van der Waals surface area contributed by atoms with E-state index in [9.17, 15) is 0 Å². The van der Waals surface area contributed by atoms with E-state index in [2.05, 4.69) is 58.9 Å². The first-order chi connectivity index (χ1) is 9.58. The van der Waals surface area contributed by atoms with Crippen LogP contribution in [0.25, 0.3) is 21.5 Å². The Bertz CT molecular complexity index is 780. The molecule has 0 bridgehead atoms. The van der Waals surface area contributed by atoms with Gasteiger partial charge < -0.3 is 5.73 Å². The number of nitrogens with two attached hydrogens (primary N) is 1. The van der Waals surface area contributed by atoms with Gasteiger partial charge in [-0.05, 0) is 34.6 Å². The van der Waals surface area contributed by atoms with E-state index in [0.717, 1.165) is 20.7 Å². The van der Waals surface area contributed by atoms with Crippen molar-refractivity contribution < 1.29 is 0 Å². The maximum Gasteiger partial charge on any atom is 0.163 e. The highest BCUT2D eigenvalue weighted by Crippen LogP contribution is 2.34. The molecule has 0 atom stereocenters. The lowest BCUT2D eigenvalue weighted by molar-refractivity contribution is 0.810. The maximum absolute atomic E-state index is 6.05. The van der Waals surface area contributed by atoms with E-state index < -0.39 is 0 Å². The summed E-state index contributed by atoms with van der Waals surface area (Å²) in [5.74, 6) is 1.62. The topological polar surface area (TPSA) is 51.8 Å². The van der Waals surface area contributed by atoms with Gasteiger partial charge >= 0.3 is 0 Å². The lowest BCUT2D eigenvalue weighted by Gasteiger charge is -2.11. The molecule has 3 nitrogen and oxygen atoms in total. The molecule has 2 aromatic heterocycles. The zero-order valence-corrected chi connectivity index (χ0v) is 14.2. The van der Waals surface area contributed by atoms with Crippen LogP contribution in [0.15, 0.2) is 29.6 Å². The van der Waals surface area contributed by atoms with Crippen molar-refractivity contribution in [2.75, 3.05) is 5.73 Å². The Hall–Kier alpha value is -1.21. The van der Waals surface area contributed by atoms with Crippen molar-refractivity contribution in [2.45, 2.75) is 19.8 Å². The number of nitrogen functional groups attached to an aromatic ring is 1. The molecular formula is C15H14IN3S. The summed E-state index contributed by atoms with van der Waals surface area (Å²) >= 11 is 3.94. The van der Waals surface area contributed by atoms with Gasteiger partial charge in [-0.2, -0.15) is 0 Å². The summed E-state index contributed by atoms with van der Waals surface area (Å²) in [7, 11) is 0. The Morgan fingerprint density at radius 3 is 2.70 bits per heavy atom. The number of aromatic nitrogens is 2. The molecule has 0 aliphatic rings. The number of benzene rings is 1. The second-order valence-corrected chi connectivity index (χ2v) is 6.92. The fourth-order valence-corrected chi connectivity index (χ4v) is 3.94. The molecule has 3 aromatic rings. The molecule has 0 amide bonds. The highest BCUT2D eigenvalue weighted by atomic mass is 127. The summed E-state index contributed by atoms with van der Waals surface area (Å²) in [6.45, 7) is 4.25. The fourth-order valence-electron chi connectivity index (χ4n) is 2.14. The molecule has 102 valence electrons. The van der Waals surface area contributed by atoms with Crippen molar-refractivity contribution >= 4 is 49.8 Å². The Kier molecular flexibility index (Phi) is 3.64. The highest BCUT2D eigenvalue weighted by Gasteiger charge is 2.16. The molecule has 5 heteroatoms. The minimum atomic E-state index is 0.329. The van der Waals surface area contributed by atoms with Gasteiger partial charge in [0.1, 0.15) is 5.82 Å². The number of hydrogen-bond acceptors (Lipinski definition) is 4. The Morgan fingerprint density at radius 2 is 1.95 bits per heavy atom. The van der Waals surface area contributed by atoms with Gasteiger partial charge in [0.05, 0.1) is 9.26 Å². The third kappa shape index (κ3) is 2.29. The smallest absolute Gasteiger partial charge is 0.163 e. The quantitative estimate of drug-likeness (QED) is 0.642. The molecule has 3 rings (SSSR count). The molecule has 0 fully saturated rings. The number of nitrogens with zero attached hydrogens (tertiary/aromatic N) is 2. The lowest BCUT2D eigenvalue weighted by atomic mass is 10.1. The van der Waals surface area contributed by atoms with Crippen molar-refractivity contribution in [2.24, 2.45) is 0 Å². The summed E-state index contributed by atoms with van der Waals surface area (Å²) in [5.41, 5.74) is 8.14. The summed E-state index contributed by atoms with van der Waals surface area (Å²) in [5, 5.41) is 3.30.